The highest BCUT2D eigenvalue weighted by atomic mass is 35.5. The highest BCUT2D eigenvalue weighted by molar-refractivity contribution is 6.28. The van der Waals surface area contributed by atoms with Crippen LogP contribution in [0.15, 0.2) is 28.9 Å². The zero-order valence-corrected chi connectivity index (χ0v) is 10.9. The van der Waals surface area contributed by atoms with Gasteiger partial charge in [-0.25, -0.2) is 4.98 Å². The Bertz CT molecular complexity index is 520. The molecule has 96 valence electrons. The Labute approximate surface area is 111 Å². The van der Waals surface area contributed by atoms with E-state index in [0.717, 1.165) is 18.8 Å². The fourth-order valence-corrected chi connectivity index (χ4v) is 2.68. The topological polar surface area (TPSA) is 43.0 Å². The summed E-state index contributed by atoms with van der Waals surface area (Å²) in [6, 6.07) is 3.67. The van der Waals surface area contributed by atoms with E-state index in [-0.39, 0.29) is 0 Å². The number of rotatable bonds is 4. The predicted molar refractivity (Wildman–Crippen MR) is 69.6 cm³/mol. The standard InChI is InChI=1S/C13H16ClN3O/c14-12-4-3-11(18-12)9-15-8-10-2-1-6-17-7-5-16-13(10)17/h3-5,7,10,15H,1-2,6,8-9H2. The van der Waals surface area contributed by atoms with Gasteiger partial charge in [-0.15, -0.1) is 0 Å². The van der Waals surface area contributed by atoms with E-state index in [4.69, 9.17) is 16.0 Å². The number of halogens is 1. The molecule has 3 heterocycles. The smallest absolute Gasteiger partial charge is 0.193 e. The van der Waals surface area contributed by atoms with Crippen molar-refractivity contribution >= 4 is 11.6 Å². The lowest BCUT2D eigenvalue weighted by Gasteiger charge is -2.23. The maximum atomic E-state index is 5.73. The Kier molecular flexibility index (Phi) is 3.39. The molecule has 2 aromatic rings. The number of aromatic nitrogens is 2. The van der Waals surface area contributed by atoms with Crippen LogP contribution in [0.3, 0.4) is 0 Å². The van der Waals surface area contributed by atoms with Crippen LogP contribution >= 0.6 is 11.6 Å². The van der Waals surface area contributed by atoms with Gasteiger partial charge in [0, 0.05) is 31.4 Å². The van der Waals surface area contributed by atoms with Gasteiger partial charge in [0.1, 0.15) is 11.6 Å². The molecular formula is C13H16ClN3O. The molecule has 0 radical (unpaired) electrons. The molecule has 0 bridgehead atoms. The maximum absolute atomic E-state index is 5.73. The van der Waals surface area contributed by atoms with Gasteiger partial charge >= 0.3 is 0 Å². The molecule has 1 atom stereocenters. The van der Waals surface area contributed by atoms with Crippen molar-refractivity contribution in [3.8, 4) is 0 Å². The first kappa shape index (κ1) is 11.8. The molecule has 5 heteroatoms. The highest BCUT2D eigenvalue weighted by Gasteiger charge is 2.20. The first-order valence-corrected chi connectivity index (χ1v) is 6.66. The van der Waals surface area contributed by atoms with Crippen molar-refractivity contribution < 1.29 is 4.42 Å². The van der Waals surface area contributed by atoms with Gasteiger partial charge in [0.15, 0.2) is 5.22 Å². The Balaban J connectivity index is 1.55. The average Bonchev–Trinajstić information content (AvgIpc) is 2.98. The van der Waals surface area contributed by atoms with Gasteiger partial charge in [-0.1, -0.05) is 0 Å². The van der Waals surface area contributed by atoms with E-state index in [9.17, 15) is 0 Å². The van der Waals surface area contributed by atoms with Crippen molar-refractivity contribution in [1.29, 1.82) is 0 Å². The lowest BCUT2D eigenvalue weighted by atomic mass is 9.99. The zero-order chi connectivity index (χ0) is 12.4. The molecule has 1 aliphatic heterocycles. The summed E-state index contributed by atoms with van der Waals surface area (Å²) in [4.78, 5) is 4.45. The Morgan fingerprint density at radius 3 is 3.28 bits per heavy atom. The molecule has 1 unspecified atom stereocenters. The third kappa shape index (κ3) is 2.44. The number of hydrogen-bond donors (Lipinski definition) is 1. The minimum Gasteiger partial charge on any atom is -0.448 e. The molecule has 0 aliphatic carbocycles. The van der Waals surface area contributed by atoms with Crippen LogP contribution in [0.25, 0.3) is 0 Å². The Morgan fingerprint density at radius 2 is 2.44 bits per heavy atom. The van der Waals surface area contributed by atoms with Crippen LogP contribution in [-0.4, -0.2) is 16.1 Å². The fourth-order valence-electron chi connectivity index (χ4n) is 2.52. The van der Waals surface area contributed by atoms with Crippen molar-refractivity contribution in [3.05, 3.63) is 41.3 Å². The third-order valence-corrected chi connectivity index (χ3v) is 3.59. The molecule has 0 amide bonds. The number of aryl methyl sites for hydroxylation is 1. The van der Waals surface area contributed by atoms with Crippen molar-refractivity contribution in [1.82, 2.24) is 14.9 Å². The number of furan rings is 1. The van der Waals surface area contributed by atoms with Crippen LogP contribution in [0, 0.1) is 0 Å². The summed E-state index contributed by atoms with van der Waals surface area (Å²) in [6.45, 7) is 2.74. The summed E-state index contributed by atoms with van der Waals surface area (Å²) in [5.74, 6) is 2.57. The number of fused-ring (bicyclic) bond motifs is 1. The molecule has 18 heavy (non-hydrogen) atoms. The van der Waals surface area contributed by atoms with Crippen LogP contribution < -0.4 is 5.32 Å². The first-order valence-electron chi connectivity index (χ1n) is 6.29. The molecule has 0 saturated heterocycles. The summed E-state index contributed by atoms with van der Waals surface area (Å²) in [5, 5.41) is 3.85. The van der Waals surface area contributed by atoms with Crippen LogP contribution in [-0.2, 0) is 13.1 Å². The summed E-state index contributed by atoms with van der Waals surface area (Å²) in [6.07, 6.45) is 6.37. The quantitative estimate of drug-likeness (QED) is 0.924. The first-order chi connectivity index (χ1) is 8.83. The van der Waals surface area contributed by atoms with E-state index >= 15 is 0 Å². The van der Waals surface area contributed by atoms with Gasteiger partial charge in [0.2, 0.25) is 0 Å². The number of hydrogen-bond acceptors (Lipinski definition) is 3. The van der Waals surface area contributed by atoms with Crippen LogP contribution in [0.1, 0.15) is 30.3 Å². The molecule has 2 aromatic heterocycles. The number of nitrogens with one attached hydrogen (secondary N) is 1. The highest BCUT2D eigenvalue weighted by Crippen LogP contribution is 2.24. The lowest BCUT2D eigenvalue weighted by Crippen LogP contribution is -2.26. The van der Waals surface area contributed by atoms with E-state index in [1.807, 2.05) is 12.3 Å². The monoisotopic (exact) mass is 265 g/mol. The van der Waals surface area contributed by atoms with Gasteiger partial charge in [0.25, 0.3) is 0 Å². The molecule has 4 nitrogen and oxygen atoms in total. The van der Waals surface area contributed by atoms with E-state index in [1.54, 1.807) is 6.07 Å². The Morgan fingerprint density at radius 1 is 1.50 bits per heavy atom. The second kappa shape index (κ2) is 5.16. The van der Waals surface area contributed by atoms with E-state index in [0.29, 0.717) is 17.7 Å². The number of imidazole rings is 1. The third-order valence-electron chi connectivity index (χ3n) is 3.38. The molecule has 0 fully saturated rings. The number of nitrogens with zero attached hydrogens (tertiary/aromatic N) is 2. The molecule has 0 aromatic carbocycles. The molecule has 1 N–H and O–H groups in total. The minimum atomic E-state index is 0.444. The van der Waals surface area contributed by atoms with Gasteiger partial charge in [-0.3, -0.25) is 0 Å². The van der Waals surface area contributed by atoms with Crippen molar-refractivity contribution in [3.63, 3.8) is 0 Å². The minimum absolute atomic E-state index is 0.444. The van der Waals surface area contributed by atoms with Gasteiger partial charge in [0.05, 0.1) is 6.54 Å². The van der Waals surface area contributed by atoms with Gasteiger partial charge in [-0.2, -0.15) is 0 Å². The summed E-state index contributed by atoms with van der Waals surface area (Å²) >= 11 is 5.73. The van der Waals surface area contributed by atoms with Gasteiger partial charge < -0.3 is 14.3 Å². The molecule has 3 rings (SSSR count). The fraction of sp³-hybridized carbons (Fsp3) is 0.462. The van der Waals surface area contributed by atoms with Crippen LogP contribution in [0.2, 0.25) is 5.22 Å². The Hall–Kier alpha value is -1.26. The molecule has 0 spiro atoms. The summed E-state index contributed by atoms with van der Waals surface area (Å²) in [5.41, 5.74) is 0. The van der Waals surface area contributed by atoms with E-state index in [1.165, 1.54) is 18.7 Å². The molecule has 0 saturated carbocycles. The summed E-state index contributed by atoms with van der Waals surface area (Å²) in [7, 11) is 0. The summed E-state index contributed by atoms with van der Waals surface area (Å²) < 4.78 is 7.56. The zero-order valence-electron chi connectivity index (χ0n) is 10.1. The van der Waals surface area contributed by atoms with Crippen molar-refractivity contribution in [2.24, 2.45) is 0 Å². The van der Waals surface area contributed by atoms with E-state index in [2.05, 4.69) is 21.1 Å². The van der Waals surface area contributed by atoms with Crippen LogP contribution in [0.5, 0.6) is 0 Å². The largest absolute Gasteiger partial charge is 0.448 e. The molecule has 1 aliphatic rings. The molecular weight excluding hydrogens is 250 g/mol. The maximum Gasteiger partial charge on any atom is 0.193 e. The SMILES string of the molecule is Clc1ccc(CNCC2CCCn3ccnc32)o1. The van der Waals surface area contributed by atoms with Crippen LogP contribution in [0.4, 0.5) is 0 Å². The average molecular weight is 266 g/mol. The normalized spacial score (nSPS) is 18.8. The second-order valence-electron chi connectivity index (χ2n) is 4.65. The lowest BCUT2D eigenvalue weighted by molar-refractivity contribution is 0.410. The second-order valence-corrected chi connectivity index (χ2v) is 5.03. The van der Waals surface area contributed by atoms with E-state index < -0.39 is 0 Å². The predicted octanol–water partition coefficient (Wildman–Crippen LogP) is 2.80. The van der Waals surface area contributed by atoms with Crippen molar-refractivity contribution in [2.75, 3.05) is 6.54 Å². The van der Waals surface area contributed by atoms with Gasteiger partial charge in [-0.05, 0) is 36.6 Å². The van der Waals surface area contributed by atoms with Crippen molar-refractivity contribution in [2.45, 2.75) is 31.8 Å².